The quantitative estimate of drug-likeness (QED) is 0.795. The molecule has 1 fully saturated rings. The topological polar surface area (TPSA) is 76.4 Å². The van der Waals surface area contributed by atoms with Crippen molar-refractivity contribution in [3.63, 3.8) is 0 Å². The second kappa shape index (κ2) is 7.79. The Bertz CT molecular complexity index is 508. The summed E-state index contributed by atoms with van der Waals surface area (Å²) in [5.74, 6) is 0. The normalized spacial score (nSPS) is 21.7. The molecule has 5 nitrogen and oxygen atoms in total. The summed E-state index contributed by atoms with van der Waals surface area (Å²) in [6.45, 7) is 6.36. The van der Waals surface area contributed by atoms with Gasteiger partial charge in [-0.25, -0.2) is 4.79 Å². The van der Waals surface area contributed by atoms with Crippen LogP contribution in [0.25, 0.3) is 0 Å². The molecule has 2 atom stereocenters. The minimum Gasteiger partial charge on any atom is -0.444 e. The van der Waals surface area contributed by atoms with Crippen LogP contribution in [0.15, 0.2) is 24.3 Å². The van der Waals surface area contributed by atoms with Crippen molar-refractivity contribution >= 4 is 11.8 Å². The van der Waals surface area contributed by atoms with Gasteiger partial charge in [0.2, 0.25) is 0 Å². The third-order valence-electron chi connectivity index (χ3n) is 3.91. The van der Waals surface area contributed by atoms with Crippen molar-refractivity contribution in [2.45, 2.75) is 70.7 Å². The maximum Gasteiger partial charge on any atom is 0.412 e. The molecule has 0 bridgehead atoms. The Labute approximate surface area is 139 Å². The van der Waals surface area contributed by atoms with Crippen LogP contribution in [0.5, 0.6) is 0 Å². The number of nitrogens with one attached hydrogen (secondary N) is 2. The van der Waals surface area contributed by atoms with Gasteiger partial charge in [0.25, 0.3) is 0 Å². The third-order valence-corrected chi connectivity index (χ3v) is 3.91. The molecular formula is C18H29N3O2. The zero-order valence-electron chi connectivity index (χ0n) is 14.4. The Kier molecular flexibility index (Phi) is 6.02. The Hall–Kier alpha value is -1.59. The molecule has 0 aromatic heterocycles. The number of hydrogen-bond donors (Lipinski definition) is 3. The SMILES string of the molecule is CC(C)(C)OC(=O)Nc1ccc(CNC2CCCC(N)C2)cc1. The highest BCUT2D eigenvalue weighted by Gasteiger charge is 2.18. The van der Waals surface area contributed by atoms with Gasteiger partial charge in [-0.3, -0.25) is 5.32 Å². The van der Waals surface area contributed by atoms with Crippen molar-refractivity contribution in [2.75, 3.05) is 5.32 Å². The average molecular weight is 319 g/mol. The van der Waals surface area contributed by atoms with Gasteiger partial charge in [-0.05, 0) is 57.7 Å². The van der Waals surface area contributed by atoms with Gasteiger partial charge in [0.05, 0.1) is 0 Å². The lowest BCUT2D eigenvalue weighted by molar-refractivity contribution is 0.0636. The first-order chi connectivity index (χ1) is 10.8. The third kappa shape index (κ3) is 6.59. The first-order valence-electron chi connectivity index (χ1n) is 8.40. The first-order valence-corrected chi connectivity index (χ1v) is 8.40. The van der Waals surface area contributed by atoms with Gasteiger partial charge in [0, 0.05) is 24.3 Å². The maximum absolute atomic E-state index is 11.7. The van der Waals surface area contributed by atoms with Gasteiger partial charge in [0.1, 0.15) is 5.60 Å². The number of amides is 1. The van der Waals surface area contributed by atoms with E-state index in [1.54, 1.807) is 0 Å². The number of carbonyl (C=O) groups is 1. The van der Waals surface area contributed by atoms with Crippen molar-refractivity contribution in [3.05, 3.63) is 29.8 Å². The number of benzene rings is 1. The first kappa shape index (κ1) is 17.8. The molecular weight excluding hydrogens is 290 g/mol. The van der Waals surface area contributed by atoms with E-state index < -0.39 is 11.7 Å². The van der Waals surface area contributed by atoms with E-state index in [0.717, 1.165) is 25.1 Å². The number of ether oxygens (including phenoxy) is 1. The molecule has 128 valence electrons. The smallest absolute Gasteiger partial charge is 0.412 e. The Morgan fingerprint density at radius 3 is 2.57 bits per heavy atom. The van der Waals surface area contributed by atoms with Crippen LogP contribution >= 0.6 is 0 Å². The summed E-state index contributed by atoms with van der Waals surface area (Å²) in [4.78, 5) is 11.7. The fourth-order valence-corrected chi connectivity index (χ4v) is 2.80. The lowest BCUT2D eigenvalue weighted by Crippen LogP contribution is -2.39. The minimum atomic E-state index is -0.491. The zero-order chi connectivity index (χ0) is 16.9. The van der Waals surface area contributed by atoms with Crippen LogP contribution in [0.3, 0.4) is 0 Å². The number of rotatable bonds is 4. The molecule has 1 amide bonds. The van der Waals surface area contributed by atoms with E-state index in [1.807, 2.05) is 45.0 Å². The molecule has 0 saturated heterocycles. The largest absolute Gasteiger partial charge is 0.444 e. The number of hydrogen-bond acceptors (Lipinski definition) is 4. The van der Waals surface area contributed by atoms with Gasteiger partial charge < -0.3 is 15.8 Å². The molecule has 1 saturated carbocycles. The second-order valence-electron chi connectivity index (χ2n) is 7.33. The van der Waals surface area contributed by atoms with E-state index in [-0.39, 0.29) is 0 Å². The summed E-state index contributed by atoms with van der Waals surface area (Å²) in [7, 11) is 0. The standard InChI is InChI=1S/C18H29N3O2/c1-18(2,3)23-17(22)21-15-9-7-13(8-10-15)12-20-16-6-4-5-14(19)11-16/h7-10,14,16,20H,4-6,11-12,19H2,1-3H3,(H,21,22). The summed E-state index contributed by atoms with van der Waals surface area (Å²) >= 11 is 0. The second-order valence-corrected chi connectivity index (χ2v) is 7.33. The summed E-state index contributed by atoms with van der Waals surface area (Å²) in [6.07, 6.45) is 4.17. The molecule has 1 aliphatic carbocycles. The predicted octanol–water partition coefficient (Wildman–Crippen LogP) is 3.39. The zero-order valence-corrected chi connectivity index (χ0v) is 14.4. The number of carbonyl (C=O) groups excluding carboxylic acids is 1. The highest BCUT2D eigenvalue weighted by molar-refractivity contribution is 5.84. The van der Waals surface area contributed by atoms with Crippen molar-refractivity contribution in [1.82, 2.24) is 5.32 Å². The monoisotopic (exact) mass is 319 g/mol. The van der Waals surface area contributed by atoms with Crippen LogP contribution in [0, 0.1) is 0 Å². The van der Waals surface area contributed by atoms with Crippen molar-refractivity contribution in [3.8, 4) is 0 Å². The van der Waals surface area contributed by atoms with Gasteiger partial charge in [-0.2, -0.15) is 0 Å². The van der Waals surface area contributed by atoms with Crippen LogP contribution in [-0.2, 0) is 11.3 Å². The molecule has 0 heterocycles. The Morgan fingerprint density at radius 2 is 1.96 bits per heavy atom. The highest BCUT2D eigenvalue weighted by atomic mass is 16.6. The molecule has 2 rings (SSSR count). The van der Waals surface area contributed by atoms with Crippen molar-refractivity contribution < 1.29 is 9.53 Å². The number of nitrogens with two attached hydrogens (primary N) is 1. The summed E-state index contributed by atoms with van der Waals surface area (Å²) in [6, 6.07) is 8.67. The molecule has 0 radical (unpaired) electrons. The minimum absolute atomic E-state index is 0.335. The van der Waals surface area contributed by atoms with E-state index in [0.29, 0.717) is 12.1 Å². The summed E-state index contributed by atoms with van der Waals surface area (Å²) < 4.78 is 5.23. The van der Waals surface area contributed by atoms with E-state index >= 15 is 0 Å². The fourth-order valence-electron chi connectivity index (χ4n) is 2.80. The molecule has 1 aromatic carbocycles. The van der Waals surface area contributed by atoms with Crippen LogP contribution in [0.4, 0.5) is 10.5 Å². The molecule has 2 unspecified atom stereocenters. The molecule has 23 heavy (non-hydrogen) atoms. The molecule has 1 aromatic rings. The molecule has 5 heteroatoms. The highest BCUT2D eigenvalue weighted by Crippen LogP contribution is 2.18. The fraction of sp³-hybridized carbons (Fsp3) is 0.611. The Morgan fingerprint density at radius 1 is 1.26 bits per heavy atom. The summed E-state index contributed by atoms with van der Waals surface area (Å²) in [5.41, 5.74) is 7.45. The molecule has 0 aliphatic heterocycles. The summed E-state index contributed by atoms with van der Waals surface area (Å²) in [5, 5.41) is 6.31. The van der Waals surface area contributed by atoms with Crippen LogP contribution in [0.1, 0.15) is 52.0 Å². The Balaban J connectivity index is 1.79. The van der Waals surface area contributed by atoms with Gasteiger partial charge in [0.15, 0.2) is 0 Å². The molecule has 1 aliphatic rings. The van der Waals surface area contributed by atoms with E-state index in [2.05, 4.69) is 10.6 Å². The van der Waals surface area contributed by atoms with E-state index in [9.17, 15) is 4.79 Å². The maximum atomic E-state index is 11.7. The van der Waals surface area contributed by atoms with Crippen molar-refractivity contribution in [2.24, 2.45) is 5.73 Å². The van der Waals surface area contributed by atoms with Gasteiger partial charge in [-0.15, -0.1) is 0 Å². The van der Waals surface area contributed by atoms with Crippen molar-refractivity contribution in [1.29, 1.82) is 0 Å². The van der Waals surface area contributed by atoms with Gasteiger partial charge in [-0.1, -0.05) is 18.6 Å². The lowest BCUT2D eigenvalue weighted by Gasteiger charge is -2.27. The van der Waals surface area contributed by atoms with Gasteiger partial charge >= 0.3 is 6.09 Å². The van der Waals surface area contributed by atoms with Crippen LogP contribution in [-0.4, -0.2) is 23.8 Å². The average Bonchev–Trinajstić information content (AvgIpc) is 2.44. The number of anilines is 1. The van der Waals surface area contributed by atoms with E-state index in [4.69, 9.17) is 10.5 Å². The molecule has 4 N–H and O–H groups in total. The van der Waals surface area contributed by atoms with Crippen LogP contribution < -0.4 is 16.4 Å². The predicted molar refractivity (Wildman–Crippen MR) is 93.4 cm³/mol. The lowest BCUT2D eigenvalue weighted by atomic mass is 9.91. The molecule has 0 spiro atoms. The van der Waals surface area contributed by atoms with E-state index in [1.165, 1.54) is 18.4 Å². The van der Waals surface area contributed by atoms with Crippen LogP contribution in [0.2, 0.25) is 0 Å².